The van der Waals surface area contributed by atoms with E-state index in [1.54, 1.807) is 25.3 Å². The Labute approximate surface area is 162 Å². The summed E-state index contributed by atoms with van der Waals surface area (Å²) in [6, 6.07) is 5.36. The summed E-state index contributed by atoms with van der Waals surface area (Å²) in [6.45, 7) is 8.32. The van der Waals surface area contributed by atoms with Gasteiger partial charge in [-0.25, -0.2) is 0 Å². The largest absolute Gasteiger partial charge is 0.493 e. The van der Waals surface area contributed by atoms with E-state index in [4.69, 9.17) is 19.3 Å². The lowest BCUT2D eigenvalue weighted by Gasteiger charge is -2.18. The molecule has 0 spiro atoms. The highest BCUT2D eigenvalue weighted by Crippen LogP contribution is 2.31. The first kappa shape index (κ1) is 24.8. The summed E-state index contributed by atoms with van der Waals surface area (Å²) in [4.78, 5) is 22.7. The smallest absolute Gasteiger partial charge is 0.309 e. The van der Waals surface area contributed by atoms with Gasteiger partial charge in [0.05, 0.1) is 32.7 Å². The van der Waals surface area contributed by atoms with Gasteiger partial charge in [0.1, 0.15) is 0 Å². The standard InChI is InChI=1S/C18H26O6.C3H8/c1-5-6-12(2)24-16-10-13(7-8-15(16)22-3)9-14(11-17(19)20)18(21)23-4;1-3-2/h7-8,10,12,14H,5-6,9,11H2,1-4H3,(H,19,20);3H2,1-2H3. The van der Waals surface area contributed by atoms with E-state index in [2.05, 4.69) is 20.8 Å². The third-order valence-electron chi connectivity index (χ3n) is 3.69. The van der Waals surface area contributed by atoms with Gasteiger partial charge in [-0.3, -0.25) is 9.59 Å². The van der Waals surface area contributed by atoms with Crippen molar-refractivity contribution in [2.24, 2.45) is 5.92 Å². The lowest BCUT2D eigenvalue weighted by molar-refractivity contribution is -0.150. The number of carboxylic acid groups (broad SMARTS) is 1. The van der Waals surface area contributed by atoms with Gasteiger partial charge in [0, 0.05) is 0 Å². The third kappa shape index (κ3) is 9.87. The quantitative estimate of drug-likeness (QED) is 0.601. The van der Waals surface area contributed by atoms with E-state index >= 15 is 0 Å². The number of hydrogen-bond donors (Lipinski definition) is 1. The Bertz CT molecular complexity index is 570. The van der Waals surface area contributed by atoms with Crippen LogP contribution in [0, 0.1) is 5.92 Å². The molecule has 2 unspecified atom stereocenters. The zero-order valence-electron chi connectivity index (χ0n) is 17.4. The summed E-state index contributed by atoms with van der Waals surface area (Å²) < 4.78 is 15.9. The number of carbonyl (C=O) groups excluding carboxylic acids is 1. The molecule has 6 heteroatoms. The molecule has 0 aliphatic carbocycles. The molecule has 1 aromatic carbocycles. The lowest BCUT2D eigenvalue weighted by atomic mass is 9.96. The molecule has 0 saturated carbocycles. The zero-order chi connectivity index (χ0) is 20.8. The minimum absolute atomic E-state index is 0.0366. The molecule has 0 aromatic heterocycles. The number of ether oxygens (including phenoxy) is 3. The number of rotatable bonds is 10. The molecular formula is C21H34O6. The molecule has 154 valence electrons. The summed E-state index contributed by atoms with van der Waals surface area (Å²) in [5, 5.41) is 8.97. The van der Waals surface area contributed by atoms with Gasteiger partial charge in [0.25, 0.3) is 0 Å². The first-order chi connectivity index (χ1) is 12.8. The Morgan fingerprint density at radius 1 is 1.11 bits per heavy atom. The summed E-state index contributed by atoms with van der Waals surface area (Å²) in [5.74, 6) is -1.10. The first-order valence-electron chi connectivity index (χ1n) is 9.45. The average Bonchev–Trinajstić information content (AvgIpc) is 2.61. The number of carboxylic acids is 1. The Balaban J connectivity index is 0.00000210. The van der Waals surface area contributed by atoms with Crippen LogP contribution in [0.5, 0.6) is 11.5 Å². The molecule has 0 saturated heterocycles. The predicted molar refractivity (Wildman–Crippen MR) is 105 cm³/mol. The van der Waals surface area contributed by atoms with Crippen LogP contribution >= 0.6 is 0 Å². The molecule has 0 aliphatic heterocycles. The number of esters is 1. The average molecular weight is 382 g/mol. The highest BCUT2D eigenvalue weighted by Gasteiger charge is 2.23. The van der Waals surface area contributed by atoms with Crippen molar-refractivity contribution in [1.29, 1.82) is 0 Å². The highest BCUT2D eigenvalue weighted by atomic mass is 16.5. The monoisotopic (exact) mass is 382 g/mol. The van der Waals surface area contributed by atoms with Crippen molar-refractivity contribution in [1.82, 2.24) is 0 Å². The molecule has 0 radical (unpaired) electrons. The van der Waals surface area contributed by atoms with Gasteiger partial charge in [-0.2, -0.15) is 0 Å². The fraction of sp³-hybridized carbons (Fsp3) is 0.619. The van der Waals surface area contributed by atoms with E-state index in [-0.39, 0.29) is 18.9 Å². The van der Waals surface area contributed by atoms with E-state index in [9.17, 15) is 9.59 Å². The van der Waals surface area contributed by atoms with E-state index in [1.807, 2.05) is 6.92 Å². The molecule has 0 fully saturated rings. The van der Waals surface area contributed by atoms with Gasteiger partial charge in [-0.05, 0) is 37.5 Å². The van der Waals surface area contributed by atoms with Crippen molar-refractivity contribution in [3.05, 3.63) is 23.8 Å². The maximum absolute atomic E-state index is 11.8. The van der Waals surface area contributed by atoms with Crippen molar-refractivity contribution in [3.63, 3.8) is 0 Å². The maximum atomic E-state index is 11.8. The third-order valence-corrected chi connectivity index (χ3v) is 3.69. The van der Waals surface area contributed by atoms with E-state index in [0.29, 0.717) is 11.5 Å². The van der Waals surface area contributed by atoms with Crippen LogP contribution in [-0.2, 0) is 20.7 Å². The summed E-state index contributed by atoms with van der Waals surface area (Å²) >= 11 is 0. The van der Waals surface area contributed by atoms with Gasteiger partial charge in [-0.15, -0.1) is 0 Å². The zero-order valence-corrected chi connectivity index (χ0v) is 17.4. The minimum atomic E-state index is -1.04. The van der Waals surface area contributed by atoms with Crippen LogP contribution in [0.25, 0.3) is 0 Å². The van der Waals surface area contributed by atoms with Gasteiger partial charge < -0.3 is 19.3 Å². The Hall–Kier alpha value is -2.24. The van der Waals surface area contributed by atoms with Gasteiger partial charge >= 0.3 is 11.9 Å². The van der Waals surface area contributed by atoms with Crippen LogP contribution in [0.15, 0.2) is 18.2 Å². The van der Waals surface area contributed by atoms with Crippen molar-refractivity contribution < 1.29 is 28.9 Å². The fourth-order valence-electron chi connectivity index (χ4n) is 2.52. The second kappa shape index (κ2) is 13.9. The first-order valence-corrected chi connectivity index (χ1v) is 9.45. The van der Waals surface area contributed by atoms with E-state index in [0.717, 1.165) is 18.4 Å². The lowest BCUT2D eigenvalue weighted by Crippen LogP contribution is -2.22. The molecule has 1 N–H and O–H groups in total. The summed E-state index contributed by atoms with van der Waals surface area (Å²) in [7, 11) is 2.82. The van der Waals surface area contributed by atoms with Crippen molar-refractivity contribution >= 4 is 11.9 Å². The van der Waals surface area contributed by atoms with Gasteiger partial charge in [-0.1, -0.05) is 39.7 Å². The molecule has 0 aliphatic rings. The van der Waals surface area contributed by atoms with Crippen molar-refractivity contribution in [2.45, 2.75) is 65.9 Å². The van der Waals surface area contributed by atoms with Crippen molar-refractivity contribution in [3.8, 4) is 11.5 Å². The van der Waals surface area contributed by atoms with Gasteiger partial charge in [0.2, 0.25) is 0 Å². The molecule has 0 amide bonds. The number of aliphatic carboxylic acids is 1. The molecule has 1 rings (SSSR count). The summed E-state index contributed by atoms with van der Waals surface area (Å²) in [5.41, 5.74) is 0.797. The van der Waals surface area contributed by atoms with E-state index < -0.39 is 17.9 Å². The second-order valence-electron chi connectivity index (χ2n) is 6.43. The number of methoxy groups -OCH3 is 2. The number of carbonyl (C=O) groups is 2. The Kier molecular flexibility index (Phi) is 12.7. The highest BCUT2D eigenvalue weighted by molar-refractivity contribution is 5.79. The Morgan fingerprint density at radius 3 is 2.22 bits per heavy atom. The topological polar surface area (TPSA) is 82.1 Å². The molecular weight excluding hydrogens is 348 g/mol. The van der Waals surface area contributed by atoms with Crippen LogP contribution < -0.4 is 9.47 Å². The van der Waals surface area contributed by atoms with Crippen LogP contribution in [0.1, 0.15) is 58.9 Å². The number of benzene rings is 1. The molecule has 1 aromatic rings. The minimum Gasteiger partial charge on any atom is -0.493 e. The molecule has 0 bridgehead atoms. The van der Waals surface area contributed by atoms with Crippen LogP contribution in [0.3, 0.4) is 0 Å². The maximum Gasteiger partial charge on any atom is 0.309 e. The molecule has 2 atom stereocenters. The van der Waals surface area contributed by atoms with E-state index in [1.165, 1.54) is 13.5 Å². The second-order valence-corrected chi connectivity index (χ2v) is 6.43. The number of hydrogen-bond acceptors (Lipinski definition) is 5. The summed E-state index contributed by atoms with van der Waals surface area (Å²) in [6.07, 6.45) is 3.20. The SMILES string of the molecule is CCC.CCCC(C)Oc1cc(CC(CC(=O)O)C(=O)OC)ccc1OC. The van der Waals surface area contributed by atoms with Crippen molar-refractivity contribution in [2.75, 3.05) is 14.2 Å². The molecule has 6 nitrogen and oxygen atoms in total. The molecule has 0 heterocycles. The normalized spacial score (nSPS) is 12.2. The predicted octanol–water partition coefficient (Wildman–Crippen LogP) is 4.49. The fourth-order valence-corrected chi connectivity index (χ4v) is 2.52. The van der Waals surface area contributed by atoms with Crippen LogP contribution in [0.4, 0.5) is 0 Å². The Morgan fingerprint density at radius 2 is 1.74 bits per heavy atom. The van der Waals surface area contributed by atoms with Crippen LogP contribution in [-0.4, -0.2) is 37.4 Å². The van der Waals surface area contributed by atoms with Crippen LogP contribution in [0.2, 0.25) is 0 Å². The molecule has 27 heavy (non-hydrogen) atoms. The van der Waals surface area contributed by atoms with Gasteiger partial charge in [0.15, 0.2) is 11.5 Å².